The summed E-state index contributed by atoms with van der Waals surface area (Å²) in [5.74, 6) is 0. The lowest BCUT2D eigenvalue weighted by Crippen LogP contribution is -2.05. The number of hydrogen-bond donors (Lipinski definition) is 0. The summed E-state index contributed by atoms with van der Waals surface area (Å²) in [6.07, 6.45) is 5.52. The first kappa shape index (κ1) is 8.70. The maximum atomic E-state index is 5.34. The van der Waals surface area contributed by atoms with E-state index in [0.717, 1.165) is 13.0 Å². The Hall–Kier alpha value is -0.300. The standard InChI is InChI=1S/C8H16O/c1-4-6-7-9-8(3)5-2/h4,6,8H,5,7H2,1-3H3/b6-4+. The normalized spacial score (nSPS) is 14.6. The monoisotopic (exact) mass is 128 g/mol. The molecule has 0 aromatic carbocycles. The summed E-state index contributed by atoms with van der Waals surface area (Å²) in [6, 6.07) is 0. The van der Waals surface area contributed by atoms with E-state index in [1.807, 2.05) is 19.1 Å². The molecule has 0 rings (SSSR count). The van der Waals surface area contributed by atoms with Crippen molar-refractivity contribution in [2.24, 2.45) is 0 Å². The van der Waals surface area contributed by atoms with Crippen LogP contribution < -0.4 is 0 Å². The Kier molecular flexibility index (Phi) is 5.64. The Morgan fingerprint density at radius 1 is 1.56 bits per heavy atom. The molecule has 1 heteroatoms. The SMILES string of the molecule is C/C=C/COC(C)CC. The fourth-order valence-electron chi connectivity index (χ4n) is 0.434. The first-order valence-electron chi connectivity index (χ1n) is 3.54. The first-order valence-corrected chi connectivity index (χ1v) is 3.54. The molecule has 1 atom stereocenters. The highest BCUT2D eigenvalue weighted by Gasteiger charge is 1.93. The van der Waals surface area contributed by atoms with Crippen LogP contribution in [0.3, 0.4) is 0 Å². The van der Waals surface area contributed by atoms with Crippen molar-refractivity contribution in [2.45, 2.75) is 33.3 Å². The number of hydrogen-bond acceptors (Lipinski definition) is 1. The lowest BCUT2D eigenvalue weighted by molar-refractivity contribution is 0.0856. The highest BCUT2D eigenvalue weighted by atomic mass is 16.5. The summed E-state index contributed by atoms with van der Waals surface area (Å²) in [5.41, 5.74) is 0. The maximum Gasteiger partial charge on any atom is 0.0650 e. The molecule has 0 aliphatic heterocycles. The minimum absolute atomic E-state index is 0.404. The molecule has 0 N–H and O–H groups in total. The predicted molar refractivity (Wildman–Crippen MR) is 40.5 cm³/mol. The number of rotatable bonds is 4. The van der Waals surface area contributed by atoms with E-state index >= 15 is 0 Å². The van der Waals surface area contributed by atoms with Gasteiger partial charge in [0.25, 0.3) is 0 Å². The van der Waals surface area contributed by atoms with Crippen molar-refractivity contribution in [3.05, 3.63) is 12.2 Å². The zero-order chi connectivity index (χ0) is 7.11. The highest BCUT2D eigenvalue weighted by molar-refractivity contribution is 4.76. The molecule has 1 nitrogen and oxygen atoms in total. The third-order valence-electron chi connectivity index (χ3n) is 1.29. The summed E-state index contributed by atoms with van der Waals surface area (Å²) >= 11 is 0. The molecule has 0 aromatic rings. The van der Waals surface area contributed by atoms with Gasteiger partial charge in [-0.3, -0.25) is 0 Å². The highest BCUT2D eigenvalue weighted by Crippen LogP contribution is 1.94. The van der Waals surface area contributed by atoms with Gasteiger partial charge in [-0.15, -0.1) is 0 Å². The molecule has 9 heavy (non-hydrogen) atoms. The van der Waals surface area contributed by atoms with Crippen molar-refractivity contribution < 1.29 is 4.74 Å². The van der Waals surface area contributed by atoms with Crippen LogP contribution in [0.4, 0.5) is 0 Å². The van der Waals surface area contributed by atoms with Crippen LogP contribution in [0.2, 0.25) is 0 Å². The van der Waals surface area contributed by atoms with E-state index in [2.05, 4.69) is 13.8 Å². The smallest absolute Gasteiger partial charge is 0.0650 e. The van der Waals surface area contributed by atoms with Crippen molar-refractivity contribution >= 4 is 0 Å². The van der Waals surface area contributed by atoms with Crippen LogP contribution in [-0.2, 0) is 4.74 Å². The molecule has 0 saturated carbocycles. The molecule has 0 radical (unpaired) electrons. The molecule has 54 valence electrons. The topological polar surface area (TPSA) is 9.23 Å². The maximum absolute atomic E-state index is 5.34. The lowest BCUT2D eigenvalue weighted by Gasteiger charge is -2.06. The number of allylic oxidation sites excluding steroid dienone is 1. The third-order valence-corrected chi connectivity index (χ3v) is 1.29. The van der Waals surface area contributed by atoms with Crippen LogP contribution in [0.25, 0.3) is 0 Å². The summed E-state index contributed by atoms with van der Waals surface area (Å²) < 4.78 is 5.34. The second-order valence-electron chi connectivity index (χ2n) is 2.12. The van der Waals surface area contributed by atoms with Gasteiger partial charge in [0, 0.05) is 0 Å². The molecular weight excluding hydrogens is 112 g/mol. The third kappa shape index (κ3) is 5.57. The fraction of sp³-hybridized carbons (Fsp3) is 0.750. The Bertz CT molecular complexity index is 76.6. The van der Waals surface area contributed by atoms with Crippen LogP contribution in [-0.4, -0.2) is 12.7 Å². The van der Waals surface area contributed by atoms with Crippen LogP contribution in [0.1, 0.15) is 27.2 Å². The Morgan fingerprint density at radius 2 is 2.22 bits per heavy atom. The summed E-state index contributed by atoms with van der Waals surface area (Å²) in [4.78, 5) is 0. The molecule has 0 fully saturated rings. The first-order chi connectivity index (χ1) is 4.31. The molecular formula is C8H16O. The molecule has 0 spiro atoms. The molecule has 0 amide bonds. The second-order valence-corrected chi connectivity index (χ2v) is 2.12. The van der Waals surface area contributed by atoms with E-state index < -0.39 is 0 Å². The molecule has 0 bridgehead atoms. The van der Waals surface area contributed by atoms with Crippen molar-refractivity contribution in [3.63, 3.8) is 0 Å². The van der Waals surface area contributed by atoms with Gasteiger partial charge in [0.2, 0.25) is 0 Å². The van der Waals surface area contributed by atoms with E-state index in [1.165, 1.54) is 0 Å². The fourth-order valence-corrected chi connectivity index (χ4v) is 0.434. The molecule has 0 aliphatic rings. The van der Waals surface area contributed by atoms with Gasteiger partial charge in [0.1, 0.15) is 0 Å². The van der Waals surface area contributed by atoms with Gasteiger partial charge >= 0.3 is 0 Å². The minimum Gasteiger partial charge on any atom is -0.374 e. The van der Waals surface area contributed by atoms with Gasteiger partial charge in [-0.25, -0.2) is 0 Å². The number of ether oxygens (including phenoxy) is 1. The summed E-state index contributed by atoms with van der Waals surface area (Å²) in [7, 11) is 0. The molecule has 0 aromatic heterocycles. The van der Waals surface area contributed by atoms with E-state index in [-0.39, 0.29) is 0 Å². The van der Waals surface area contributed by atoms with Crippen molar-refractivity contribution in [3.8, 4) is 0 Å². The largest absolute Gasteiger partial charge is 0.374 e. The summed E-state index contributed by atoms with van der Waals surface area (Å²) in [5, 5.41) is 0. The lowest BCUT2D eigenvalue weighted by atomic mass is 10.3. The van der Waals surface area contributed by atoms with Crippen molar-refractivity contribution in [1.82, 2.24) is 0 Å². The van der Waals surface area contributed by atoms with Crippen LogP contribution in [0, 0.1) is 0 Å². The van der Waals surface area contributed by atoms with E-state index in [1.54, 1.807) is 0 Å². The van der Waals surface area contributed by atoms with Gasteiger partial charge in [-0.2, -0.15) is 0 Å². The van der Waals surface area contributed by atoms with Crippen molar-refractivity contribution in [1.29, 1.82) is 0 Å². The molecule has 0 aliphatic carbocycles. The van der Waals surface area contributed by atoms with E-state index in [9.17, 15) is 0 Å². The zero-order valence-electron chi connectivity index (χ0n) is 6.55. The zero-order valence-corrected chi connectivity index (χ0v) is 6.55. The molecule has 0 saturated heterocycles. The van der Waals surface area contributed by atoms with E-state index in [0.29, 0.717) is 6.10 Å². The predicted octanol–water partition coefficient (Wildman–Crippen LogP) is 2.38. The van der Waals surface area contributed by atoms with Crippen molar-refractivity contribution in [2.75, 3.05) is 6.61 Å². The van der Waals surface area contributed by atoms with Crippen LogP contribution >= 0.6 is 0 Å². The van der Waals surface area contributed by atoms with Gasteiger partial charge < -0.3 is 4.74 Å². The average Bonchev–Trinajstić information content (AvgIpc) is 1.89. The minimum atomic E-state index is 0.404. The second kappa shape index (κ2) is 5.83. The van der Waals surface area contributed by atoms with Gasteiger partial charge in [0.05, 0.1) is 12.7 Å². The van der Waals surface area contributed by atoms with Gasteiger partial charge in [0.15, 0.2) is 0 Å². The van der Waals surface area contributed by atoms with Gasteiger partial charge in [-0.05, 0) is 20.3 Å². The van der Waals surface area contributed by atoms with Crippen LogP contribution in [0.5, 0.6) is 0 Å². The Balaban J connectivity index is 3.06. The Labute approximate surface area is 57.7 Å². The van der Waals surface area contributed by atoms with Crippen LogP contribution in [0.15, 0.2) is 12.2 Å². The Morgan fingerprint density at radius 3 is 2.67 bits per heavy atom. The summed E-state index contributed by atoms with van der Waals surface area (Å²) in [6.45, 7) is 6.97. The van der Waals surface area contributed by atoms with Gasteiger partial charge in [-0.1, -0.05) is 19.1 Å². The quantitative estimate of drug-likeness (QED) is 0.528. The molecule has 0 heterocycles. The molecule has 1 unspecified atom stereocenters. The average molecular weight is 128 g/mol. The van der Waals surface area contributed by atoms with E-state index in [4.69, 9.17) is 4.74 Å².